The standard InChI is InChI=1S/C19H14O2/c1-13-11-16-15-9-5-6-10-17(15)20-19(16)21-18(13)12-14-7-3-2-4-8-14/h2-12H,1H3/b18-12-. The van der Waals surface area contributed by atoms with E-state index in [9.17, 15) is 0 Å². The SMILES string of the molecule is CC1=Cc2c(oc3ccccc23)O/C1=C\c1ccccc1. The molecule has 2 nitrogen and oxygen atoms in total. The Labute approximate surface area is 123 Å². The average molecular weight is 274 g/mol. The highest BCUT2D eigenvalue weighted by Gasteiger charge is 2.21. The third-order valence-electron chi connectivity index (χ3n) is 3.65. The molecule has 3 aromatic rings. The molecule has 2 aromatic carbocycles. The van der Waals surface area contributed by atoms with Crippen LogP contribution in [0, 0.1) is 0 Å². The fourth-order valence-electron chi connectivity index (χ4n) is 2.57. The van der Waals surface area contributed by atoms with Crippen LogP contribution in [0.3, 0.4) is 0 Å². The van der Waals surface area contributed by atoms with Crippen LogP contribution in [-0.2, 0) is 0 Å². The quantitative estimate of drug-likeness (QED) is 0.603. The van der Waals surface area contributed by atoms with Gasteiger partial charge in [-0.15, -0.1) is 0 Å². The van der Waals surface area contributed by atoms with E-state index in [1.54, 1.807) is 0 Å². The molecule has 21 heavy (non-hydrogen) atoms. The number of rotatable bonds is 1. The molecule has 0 saturated heterocycles. The van der Waals surface area contributed by atoms with E-state index in [-0.39, 0.29) is 0 Å². The van der Waals surface area contributed by atoms with Crippen LogP contribution in [0.4, 0.5) is 0 Å². The van der Waals surface area contributed by atoms with Gasteiger partial charge in [-0.3, -0.25) is 0 Å². The van der Waals surface area contributed by atoms with Crippen molar-refractivity contribution >= 4 is 23.1 Å². The van der Waals surface area contributed by atoms with Crippen LogP contribution in [0.15, 0.2) is 70.3 Å². The Kier molecular flexibility index (Phi) is 2.68. The normalized spacial score (nSPS) is 15.7. The molecule has 0 unspecified atom stereocenters. The first-order valence-corrected chi connectivity index (χ1v) is 6.96. The Morgan fingerprint density at radius 1 is 0.905 bits per heavy atom. The van der Waals surface area contributed by atoms with Gasteiger partial charge < -0.3 is 9.15 Å². The molecule has 4 rings (SSSR count). The first-order chi connectivity index (χ1) is 10.3. The number of benzene rings is 2. The summed E-state index contributed by atoms with van der Waals surface area (Å²) in [4.78, 5) is 0. The summed E-state index contributed by atoms with van der Waals surface area (Å²) in [6, 6.07) is 18.1. The van der Waals surface area contributed by atoms with E-state index in [1.807, 2.05) is 42.5 Å². The molecule has 1 aliphatic heterocycles. The zero-order valence-corrected chi connectivity index (χ0v) is 11.7. The predicted molar refractivity (Wildman–Crippen MR) is 84.9 cm³/mol. The molecule has 0 radical (unpaired) electrons. The molecule has 102 valence electrons. The minimum absolute atomic E-state index is 0.573. The van der Waals surface area contributed by atoms with Gasteiger partial charge in [0.1, 0.15) is 11.3 Å². The van der Waals surface area contributed by atoms with Crippen LogP contribution in [0.25, 0.3) is 23.1 Å². The van der Waals surface area contributed by atoms with Crippen LogP contribution in [0.5, 0.6) is 5.95 Å². The summed E-state index contributed by atoms with van der Waals surface area (Å²) >= 11 is 0. The van der Waals surface area contributed by atoms with Crippen molar-refractivity contribution < 1.29 is 9.15 Å². The van der Waals surface area contributed by atoms with Gasteiger partial charge in [-0.2, -0.15) is 0 Å². The van der Waals surface area contributed by atoms with Crippen molar-refractivity contribution in [1.82, 2.24) is 0 Å². The summed E-state index contributed by atoms with van der Waals surface area (Å²) in [6.45, 7) is 2.06. The topological polar surface area (TPSA) is 22.4 Å². The molecule has 0 aliphatic carbocycles. The lowest BCUT2D eigenvalue weighted by Gasteiger charge is -2.14. The Hall–Kier alpha value is -2.74. The smallest absolute Gasteiger partial charge is 0.298 e. The predicted octanol–water partition coefficient (Wildman–Crippen LogP) is 5.27. The molecule has 0 amide bonds. The summed E-state index contributed by atoms with van der Waals surface area (Å²) in [5.74, 6) is 1.40. The maximum atomic E-state index is 5.96. The molecule has 0 spiro atoms. The molecule has 0 N–H and O–H groups in total. The minimum Gasteiger partial charge on any atom is -0.425 e. The zero-order valence-electron chi connectivity index (χ0n) is 11.7. The number of fused-ring (bicyclic) bond motifs is 3. The van der Waals surface area contributed by atoms with Gasteiger partial charge in [0.2, 0.25) is 0 Å². The minimum atomic E-state index is 0.573. The average Bonchev–Trinajstić information content (AvgIpc) is 2.86. The third-order valence-corrected chi connectivity index (χ3v) is 3.65. The van der Waals surface area contributed by atoms with Crippen molar-refractivity contribution in [2.75, 3.05) is 0 Å². The molecule has 0 saturated carbocycles. The number of hydrogen-bond acceptors (Lipinski definition) is 2. The first kappa shape index (κ1) is 12.0. The molecule has 2 heterocycles. The molecule has 0 bridgehead atoms. The van der Waals surface area contributed by atoms with E-state index in [4.69, 9.17) is 9.15 Å². The van der Waals surface area contributed by atoms with Gasteiger partial charge in [-0.05, 0) is 36.3 Å². The molecule has 1 aromatic heterocycles. The lowest BCUT2D eigenvalue weighted by molar-refractivity contribution is 0.331. The molecule has 2 heteroatoms. The maximum absolute atomic E-state index is 5.96. The van der Waals surface area contributed by atoms with Gasteiger partial charge in [0, 0.05) is 5.39 Å². The van der Waals surface area contributed by atoms with Crippen molar-refractivity contribution in [1.29, 1.82) is 0 Å². The summed E-state index contributed by atoms with van der Waals surface area (Å²) in [7, 11) is 0. The first-order valence-electron chi connectivity index (χ1n) is 6.96. The fourth-order valence-corrected chi connectivity index (χ4v) is 2.57. The van der Waals surface area contributed by atoms with Gasteiger partial charge >= 0.3 is 0 Å². The van der Waals surface area contributed by atoms with Crippen LogP contribution in [-0.4, -0.2) is 0 Å². The Morgan fingerprint density at radius 3 is 2.52 bits per heavy atom. The van der Waals surface area contributed by atoms with Crippen molar-refractivity contribution in [3.63, 3.8) is 0 Å². The van der Waals surface area contributed by atoms with Gasteiger partial charge in [0.15, 0.2) is 0 Å². The second-order valence-corrected chi connectivity index (χ2v) is 5.15. The highest BCUT2D eigenvalue weighted by Crippen LogP contribution is 2.39. The van der Waals surface area contributed by atoms with Crippen LogP contribution >= 0.6 is 0 Å². The molecular weight excluding hydrogens is 260 g/mol. The summed E-state index contributed by atoms with van der Waals surface area (Å²) in [5.41, 5.74) is 4.08. The lowest BCUT2D eigenvalue weighted by Crippen LogP contribution is -2.01. The lowest BCUT2D eigenvalue weighted by atomic mass is 10.1. The monoisotopic (exact) mass is 274 g/mol. The fraction of sp³-hybridized carbons (Fsp3) is 0.0526. The van der Waals surface area contributed by atoms with Crippen LogP contribution < -0.4 is 4.74 Å². The number of para-hydroxylation sites is 1. The van der Waals surface area contributed by atoms with E-state index in [2.05, 4.69) is 31.2 Å². The second-order valence-electron chi connectivity index (χ2n) is 5.15. The zero-order chi connectivity index (χ0) is 14.2. The van der Waals surface area contributed by atoms with Crippen molar-refractivity contribution in [2.45, 2.75) is 6.92 Å². The van der Waals surface area contributed by atoms with Gasteiger partial charge in [-0.1, -0.05) is 48.5 Å². The van der Waals surface area contributed by atoms with Crippen LogP contribution in [0.2, 0.25) is 0 Å². The van der Waals surface area contributed by atoms with Crippen molar-refractivity contribution in [2.24, 2.45) is 0 Å². The van der Waals surface area contributed by atoms with Gasteiger partial charge in [0.25, 0.3) is 5.95 Å². The van der Waals surface area contributed by atoms with E-state index in [0.717, 1.165) is 33.4 Å². The number of furan rings is 1. The van der Waals surface area contributed by atoms with Crippen LogP contribution in [0.1, 0.15) is 18.1 Å². The van der Waals surface area contributed by atoms with E-state index >= 15 is 0 Å². The van der Waals surface area contributed by atoms with Crippen molar-refractivity contribution in [3.8, 4) is 5.95 Å². The highest BCUT2D eigenvalue weighted by atomic mass is 16.6. The summed E-state index contributed by atoms with van der Waals surface area (Å²) < 4.78 is 11.8. The maximum Gasteiger partial charge on any atom is 0.298 e. The Morgan fingerprint density at radius 2 is 1.67 bits per heavy atom. The number of ether oxygens (including phenoxy) is 1. The Balaban J connectivity index is 1.82. The van der Waals surface area contributed by atoms with Gasteiger partial charge in [0.05, 0.1) is 5.56 Å². The molecule has 1 aliphatic rings. The van der Waals surface area contributed by atoms with Crippen molar-refractivity contribution in [3.05, 3.63) is 77.1 Å². The molecule has 0 atom stereocenters. The molecular formula is C19H14O2. The van der Waals surface area contributed by atoms with E-state index in [1.165, 1.54) is 0 Å². The number of allylic oxidation sites excluding steroid dienone is 1. The summed E-state index contributed by atoms with van der Waals surface area (Å²) in [6.07, 6.45) is 4.15. The second kappa shape index (κ2) is 4.67. The summed E-state index contributed by atoms with van der Waals surface area (Å²) in [5, 5.41) is 1.09. The highest BCUT2D eigenvalue weighted by molar-refractivity contribution is 5.91. The van der Waals surface area contributed by atoms with Gasteiger partial charge in [-0.25, -0.2) is 0 Å². The van der Waals surface area contributed by atoms with E-state index < -0.39 is 0 Å². The largest absolute Gasteiger partial charge is 0.425 e. The van der Waals surface area contributed by atoms with E-state index in [0.29, 0.717) is 5.95 Å². The third kappa shape index (κ3) is 2.05. The Bertz CT molecular complexity index is 867. The number of hydrogen-bond donors (Lipinski definition) is 0. The molecule has 0 fully saturated rings.